The van der Waals surface area contributed by atoms with Crippen LogP contribution in [0.15, 0.2) is 53.5 Å². The van der Waals surface area contributed by atoms with Gasteiger partial charge in [-0.15, -0.1) is 0 Å². The van der Waals surface area contributed by atoms with Crippen LogP contribution in [0.1, 0.15) is 54.4 Å². The molecular formula is C26H34N2O6. The SMILES string of the molecule is CN(C)[C@@H]1CCC2(C(O)Cn3cccc(C(=O)O)c3=O)C[C@H](c3ccccc3)CC(C)(O2)[C@H]1O. The number of hydrogen-bond donors (Lipinski definition) is 3. The first-order valence-electron chi connectivity index (χ1n) is 11.8. The number of carboxylic acid groups (broad SMARTS) is 1. The minimum absolute atomic E-state index is 0.0484. The Morgan fingerprint density at radius 3 is 2.56 bits per heavy atom. The molecule has 8 heteroatoms. The summed E-state index contributed by atoms with van der Waals surface area (Å²) in [4.78, 5) is 26.1. The van der Waals surface area contributed by atoms with Crippen molar-refractivity contribution in [3.8, 4) is 0 Å². The zero-order chi connectivity index (χ0) is 24.7. The summed E-state index contributed by atoms with van der Waals surface area (Å²) in [5.41, 5.74) is -1.79. The number of likely N-dealkylation sites (N-methyl/N-ethyl adjacent to an activating group) is 1. The number of aromatic carboxylic acids is 1. The van der Waals surface area contributed by atoms with Crippen LogP contribution in [-0.4, -0.2) is 74.3 Å². The molecule has 1 aromatic carbocycles. The maximum absolute atomic E-state index is 12.7. The lowest BCUT2D eigenvalue weighted by Gasteiger charge is -2.52. The maximum Gasteiger partial charge on any atom is 0.341 e. The van der Waals surface area contributed by atoms with Crippen molar-refractivity contribution in [2.45, 2.75) is 74.5 Å². The van der Waals surface area contributed by atoms with E-state index in [-0.39, 0.29) is 24.1 Å². The van der Waals surface area contributed by atoms with Gasteiger partial charge in [-0.1, -0.05) is 30.3 Å². The summed E-state index contributed by atoms with van der Waals surface area (Å²) >= 11 is 0. The molecule has 4 rings (SSSR count). The molecule has 3 unspecified atom stereocenters. The average Bonchev–Trinajstić information content (AvgIpc) is 2.87. The van der Waals surface area contributed by atoms with Gasteiger partial charge in [-0.3, -0.25) is 4.79 Å². The summed E-state index contributed by atoms with van der Waals surface area (Å²) in [6.07, 6.45) is 1.90. The van der Waals surface area contributed by atoms with Crippen LogP contribution in [0, 0.1) is 0 Å². The Kier molecular flexibility index (Phi) is 6.70. The summed E-state index contributed by atoms with van der Waals surface area (Å²) in [6, 6.07) is 12.6. The van der Waals surface area contributed by atoms with Crippen molar-refractivity contribution in [3.05, 3.63) is 70.1 Å². The molecule has 6 atom stereocenters. The highest BCUT2D eigenvalue weighted by Crippen LogP contribution is 2.51. The molecule has 2 aromatic rings. The molecule has 0 spiro atoms. The van der Waals surface area contributed by atoms with Crippen molar-refractivity contribution in [2.24, 2.45) is 0 Å². The van der Waals surface area contributed by atoms with E-state index < -0.39 is 34.9 Å². The Morgan fingerprint density at radius 1 is 1.21 bits per heavy atom. The molecule has 1 aromatic heterocycles. The van der Waals surface area contributed by atoms with E-state index in [0.29, 0.717) is 25.7 Å². The Labute approximate surface area is 199 Å². The van der Waals surface area contributed by atoms with Gasteiger partial charge in [0.25, 0.3) is 5.56 Å². The van der Waals surface area contributed by atoms with Crippen molar-refractivity contribution in [1.82, 2.24) is 9.47 Å². The van der Waals surface area contributed by atoms with Crippen LogP contribution in [-0.2, 0) is 11.3 Å². The first-order chi connectivity index (χ1) is 16.1. The second kappa shape index (κ2) is 9.26. The predicted molar refractivity (Wildman–Crippen MR) is 127 cm³/mol. The molecule has 3 heterocycles. The summed E-state index contributed by atoms with van der Waals surface area (Å²) < 4.78 is 7.90. The Bertz CT molecular complexity index is 1090. The van der Waals surface area contributed by atoms with Gasteiger partial charge in [0.2, 0.25) is 0 Å². The van der Waals surface area contributed by atoms with E-state index >= 15 is 0 Å². The molecule has 2 aliphatic heterocycles. The number of aliphatic hydroxyl groups excluding tert-OH is 2. The predicted octanol–water partition coefficient (Wildman–Crippen LogP) is 2.08. The third-order valence-corrected chi connectivity index (χ3v) is 7.70. The minimum Gasteiger partial charge on any atom is -0.477 e. The topological polar surface area (TPSA) is 112 Å². The average molecular weight is 471 g/mol. The number of aromatic nitrogens is 1. The number of carboxylic acids is 1. The minimum atomic E-state index is -1.30. The highest BCUT2D eigenvalue weighted by Gasteiger charge is 2.57. The molecule has 0 aliphatic carbocycles. The molecule has 34 heavy (non-hydrogen) atoms. The van der Waals surface area contributed by atoms with Gasteiger partial charge in [-0.25, -0.2) is 4.79 Å². The number of ether oxygens (including phenoxy) is 1. The molecule has 2 fully saturated rings. The molecular weight excluding hydrogens is 436 g/mol. The summed E-state index contributed by atoms with van der Waals surface area (Å²) in [7, 11) is 3.86. The molecule has 8 nitrogen and oxygen atoms in total. The van der Waals surface area contributed by atoms with Crippen LogP contribution in [0.4, 0.5) is 0 Å². The zero-order valence-corrected chi connectivity index (χ0v) is 19.9. The summed E-state index contributed by atoms with van der Waals surface area (Å²) in [5, 5.41) is 32.3. The van der Waals surface area contributed by atoms with Crippen LogP contribution in [0.2, 0.25) is 0 Å². The Morgan fingerprint density at radius 2 is 1.91 bits per heavy atom. The fraction of sp³-hybridized carbons (Fsp3) is 0.538. The third-order valence-electron chi connectivity index (χ3n) is 7.70. The molecule has 3 N–H and O–H groups in total. The molecule has 0 saturated carbocycles. The van der Waals surface area contributed by atoms with E-state index in [9.17, 15) is 24.9 Å². The van der Waals surface area contributed by atoms with E-state index in [4.69, 9.17) is 4.74 Å². The standard InChI is InChI=1S/C26H34N2O6/c1-25-14-18(17-8-5-4-6-9-17)15-26(34-25,12-11-20(22(25)30)27(2)3)21(29)16-28-13-7-10-19(23(28)31)24(32)33/h4-10,13,18,20-22,29-30H,11-12,14-16H2,1-3H3,(H,32,33)/t18-,20-,21?,22+,25?,26?/m1/s1. The Balaban J connectivity index is 1.74. The van der Waals surface area contributed by atoms with E-state index in [1.807, 2.05) is 44.1 Å². The normalized spacial score (nSPS) is 32.2. The second-order valence-electron chi connectivity index (χ2n) is 10.2. The van der Waals surface area contributed by atoms with Gasteiger partial charge in [0, 0.05) is 12.2 Å². The highest BCUT2D eigenvalue weighted by atomic mass is 16.6. The smallest absolute Gasteiger partial charge is 0.341 e. The van der Waals surface area contributed by atoms with Gasteiger partial charge >= 0.3 is 5.97 Å². The first kappa shape index (κ1) is 24.6. The number of nitrogens with zero attached hydrogens (tertiary/aromatic N) is 2. The van der Waals surface area contributed by atoms with Crippen LogP contribution < -0.4 is 5.56 Å². The quantitative estimate of drug-likeness (QED) is 0.593. The number of benzene rings is 1. The van der Waals surface area contributed by atoms with E-state index in [0.717, 1.165) is 5.56 Å². The fourth-order valence-electron chi connectivity index (χ4n) is 5.89. The van der Waals surface area contributed by atoms with E-state index in [1.165, 1.54) is 22.9 Å². The van der Waals surface area contributed by atoms with Crippen LogP contribution in [0.25, 0.3) is 0 Å². The van der Waals surface area contributed by atoms with Crippen molar-refractivity contribution >= 4 is 5.97 Å². The summed E-state index contributed by atoms with van der Waals surface area (Å²) in [6.45, 7) is 1.81. The van der Waals surface area contributed by atoms with E-state index in [2.05, 4.69) is 12.1 Å². The number of pyridine rings is 1. The number of aliphatic hydroxyl groups is 2. The largest absolute Gasteiger partial charge is 0.477 e. The first-order valence-corrected chi connectivity index (χ1v) is 11.8. The lowest BCUT2D eigenvalue weighted by atomic mass is 9.72. The van der Waals surface area contributed by atoms with Gasteiger partial charge in [0.1, 0.15) is 11.7 Å². The monoisotopic (exact) mass is 470 g/mol. The molecule has 0 amide bonds. The maximum atomic E-state index is 12.7. The molecule has 2 aliphatic rings. The Hall–Kier alpha value is -2.52. The van der Waals surface area contributed by atoms with Crippen molar-refractivity contribution in [3.63, 3.8) is 0 Å². The van der Waals surface area contributed by atoms with Crippen molar-refractivity contribution in [2.75, 3.05) is 14.1 Å². The van der Waals surface area contributed by atoms with Crippen LogP contribution in [0.3, 0.4) is 0 Å². The number of rotatable bonds is 6. The van der Waals surface area contributed by atoms with Gasteiger partial charge in [-0.05, 0) is 70.3 Å². The summed E-state index contributed by atoms with van der Waals surface area (Å²) in [5.74, 6) is -1.25. The van der Waals surface area contributed by atoms with Gasteiger partial charge < -0.3 is 29.5 Å². The van der Waals surface area contributed by atoms with Crippen molar-refractivity contribution in [1.29, 1.82) is 0 Å². The zero-order valence-electron chi connectivity index (χ0n) is 19.9. The second-order valence-corrected chi connectivity index (χ2v) is 10.2. The molecule has 2 bridgehead atoms. The van der Waals surface area contributed by atoms with Crippen LogP contribution in [0.5, 0.6) is 0 Å². The molecule has 184 valence electrons. The number of fused-ring (bicyclic) bond motifs is 2. The third kappa shape index (κ3) is 4.43. The van der Waals surface area contributed by atoms with Gasteiger partial charge in [0.15, 0.2) is 0 Å². The fourth-order valence-corrected chi connectivity index (χ4v) is 5.89. The number of carbonyl (C=O) groups is 1. The number of hydrogen-bond acceptors (Lipinski definition) is 6. The van der Waals surface area contributed by atoms with E-state index in [1.54, 1.807) is 0 Å². The van der Waals surface area contributed by atoms with Gasteiger partial charge in [-0.2, -0.15) is 0 Å². The molecule has 0 radical (unpaired) electrons. The van der Waals surface area contributed by atoms with Crippen LogP contribution >= 0.6 is 0 Å². The lowest BCUT2D eigenvalue weighted by Crippen LogP contribution is -2.60. The highest BCUT2D eigenvalue weighted by molar-refractivity contribution is 5.86. The lowest BCUT2D eigenvalue weighted by molar-refractivity contribution is -0.253. The molecule has 2 saturated heterocycles. The van der Waals surface area contributed by atoms with Crippen molar-refractivity contribution < 1.29 is 24.9 Å². The van der Waals surface area contributed by atoms with Gasteiger partial charge in [0.05, 0.1) is 23.9 Å².